The van der Waals surface area contributed by atoms with Crippen LogP contribution in [0, 0.1) is 0 Å². The molecule has 0 aliphatic carbocycles. The van der Waals surface area contributed by atoms with Gasteiger partial charge in [-0.1, -0.05) is 21.2 Å². The smallest absolute Gasteiger partial charge is 0.278 e. The minimum atomic E-state index is -3.87. The SMILES string of the molecule is O=S(=O)(Nc1nnns1)c1c(Cl)nc2sccn12. The number of halogens is 1. The molecule has 0 bridgehead atoms. The fraction of sp³-hybridized carbons (Fsp3) is 0. The largest absolute Gasteiger partial charge is 0.283 e. The number of anilines is 1. The van der Waals surface area contributed by atoms with Crippen LogP contribution in [-0.2, 0) is 10.0 Å². The van der Waals surface area contributed by atoms with Crippen molar-refractivity contribution in [2.75, 3.05) is 4.72 Å². The number of fused-ring (bicyclic) bond motifs is 1. The number of hydrogen-bond acceptors (Lipinski definition) is 8. The average Bonchev–Trinajstić information content (AvgIpc) is 2.92. The topological polar surface area (TPSA) is 102 Å². The van der Waals surface area contributed by atoms with E-state index in [4.69, 9.17) is 11.6 Å². The summed E-state index contributed by atoms with van der Waals surface area (Å²) in [5.41, 5.74) is 0. The highest BCUT2D eigenvalue weighted by Gasteiger charge is 2.26. The van der Waals surface area contributed by atoms with Crippen molar-refractivity contribution in [1.82, 2.24) is 24.2 Å². The van der Waals surface area contributed by atoms with Gasteiger partial charge in [0.15, 0.2) is 15.1 Å². The van der Waals surface area contributed by atoms with Crippen LogP contribution in [0.5, 0.6) is 0 Å². The second kappa shape index (κ2) is 4.12. The van der Waals surface area contributed by atoms with Gasteiger partial charge in [0.1, 0.15) is 0 Å². The molecule has 12 heteroatoms. The maximum Gasteiger partial charge on any atom is 0.283 e. The molecule has 18 heavy (non-hydrogen) atoms. The van der Waals surface area contributed by atoms with E-state index in [0.717, 1.165) is 11.5 Å². The molecule has 0 saturated carbocycles. The summed E-state index contributed by atoms with van der Waals surface area (Å²) in [6.45, 7) is 0. The third-order valence-electron chi connectivity index (χ3n) is 1.95. The second-order valence-electron chi connectivity index (χ2n) is 3.04. The lowest BCUT2D eigenvalue weighted by Gasteiger charge is -2.02. The Bertz CT molecular complexity index is 791. The summed E-state index contributed by atoms with van der Waals surface area (Å²) < 4.78 is 31.4. The first kappa shape index (κ1) is 11.8. The first-order valence-corrected chi connectivity index (χ1v) is 7.88. The number of aromatic nitrogens is 5. The van der Waals surface area contributed by atoms with Gasteiger partial charge < -0.3 is 0 Å². The molecule has 0 amide bonds. The van der Waals surface area contributed by atoms with Gasteiger partial charge in [0.2, 0.25) is 5.13 Å². The third-order valence-corrected chi connectivity index (χ3v) is 5.09. The Morgan fingerprint density at radius 3 is 3.00 bits per heavy atom. The van der Waals surface area contributed by atoms with Gasteiger partial charge in [-0.15, -0.1) is 11.3 Å². The summed E-state index contributed by atoms with van der Waals surface area (Å²) in [5.74, 6) is 0. The van der Waals surface area contributed by atoms with Gasteiger partial charge >= 0.3 is 0 Å². The van der Waals surface area contributed by atoms with Gasteiger partial charge in [0.05, 0.1) is 0 Å². The molecule has 3 rings (SSSR count). The van der Waals surface area contributed by atoms with Crippen molar-refractivity contribution in [3.8, 4) is 0 Å². The van der Waals surface area contributed by atoms with Crippen molar-refractivity contribution in [3.63, 3.8) is 0 Å². The molecule has 0 aliphatic heterocycles. The Hall–Kier alpha value is -1.30. The minimum absolute atomic E-state index is 0.0660. The van der Waals surface area contributed by atoms with Crippen LogP contribution in [0.4, 0.5) is 5.13 Å². The van der Waals surface area contributed by atoms with Crippen LogP contribution in [-0.4, -0.2) is 32.6 Å². The number of thiazole rings is 1. The van der Waals surface area contributed by atoms with Crippen LogP contribution < -0.4 is 4.72 Å². The van der Waals surface area contributed by atoms with E-state index in [1.807, 2.05) is 0 Å². The van der Waals surface area contributed by atoms with Crippen LogP contribution >= 0.6 is 34.5 Å². The lowest BCUT2D eigenvalue weighted by molar-refractivity contribution is 0.596. The fourth-order valence-electron chi connectivity index (χ4n) is 1.32. The molecule has 0 aliphatic rings. The van der Waals surface area contributed by atoms with E-state index in [0.29, 0.717) is 4.96 Å². The van der Waals surface area contributed by atoms with Crippen molar-refractivity contribution >= 4 is 54.6 Å². The zero-order valence-corrected chi connectivity index (χ0v) is 11.5. The van der Waals surface area contributed by atoms with E-state index in [9.17, 15) is 8.42 Å². The molecule has 0 radical (unpaired) electrons. The third kappa shape index (κ3) is 1.84. The lowest BCUT2D eigenvalue weighted by atomic mass is 10.9. The Balaban J connectivity index is 2.13. The quantitative estimate of drug-likeness (QED) is 0.774. The normalized spacial score (nSPS) is 12.1. The highest BCUT2D eigenvalue weighted by atomic mass is 35.5. The molecular weight excluding hydrogens is 320 g/mol. The number of nitrogens with one attached hydrogen (secondary N) is 1. The van der Waals surface area contributed by atoms with Crippen LogP contribution in [0.2, 0.25) is 5.15 Å². The maximum atomic E-state index is 12.2. The number of sulfonamides is 1. The van der Waals surface area contributed by atoms with Crippen molar-refractivity contribution < 1.29 is 8.42 Å². The van der Waals surface area contributed by atoms with Gasteiger partial charge in [0.25, 0.3) is 10.0 Å². The van der Waals surface area contributed by atoms with Gasteiger partial charge in [-0.2, -0.15) is 8.42 Å². The van der Waals surface area contributed by atoms with Crippen LogP contribution in [0.1, 0.15) is 0 Å². The monoisotopic (exact) mass is 322 g/mol. The number of hydrogen-bond donors (Lipinski definition) is 1. The van der Waals surface area contributed by atoms with Crippen LogP contribution in [0.3, 0.4) is 0 Å². The summed E-state index contributed by atoms with van der Waals surface area (Å²) in [5, 5.41) is 8.36. The molecule has 0 fully saturated rings. The standard InChI is InChI=1S/C6H3ClN6O2S3/c7-3-4(13-1-2-16-6(13)8-3)18(14,15)10-5-9-11-12-17-5/h1-2H,(H,9,10,12). The molecule has 3 aromatic heterocycles. The van der Waals surface area contributed by atoms with E-state index >= 15 is 0 Å². The van der Waals surface area contributed by atoms with Crippen molar-refractivity contribution in [3.05, 3.63) is 16.7 Å². The molecule has 94 valence electrons. The average molecular weight is 323 g/mol. The molecule has 0 saturated heterocycles. The summed E-state index contributed by atoms with van der Waals surface area (Å²) in [6, 6.07) is 0. The van der Waals surface area contributed by atoms with Gasteiger partial charge in [-0.25, -0.2) is 4.98 Å². The van der Waals surface area contributed by atoms with Crippen molar-refractivity contribution in [2.24, 2.45) is 0 Å². The lowest BCUT2D eigenvalue weighted by Crippen LogP contribution is -2.15. The van der Waals surface area contributed by atoms with Crippen molar-refractivity contribution in [1.29, 1.82) is 0 Å². The molecule has 1 N–H and O–H groups in total. The molecule has 3 heterocycles. The molecule has 3 aromatic rings. The number of nitrogens with zero attached hydrogens (tertiary/aromatic N) is 5. The molecule has 8 nitrogen and oxygen atoms in total. The van der Waals surface area contributed by atoms with Crippen LogP contribution in [0.25, 0.3) is 4.96 Å². The van der Waals surface area contributed by atoms with E-state index in [2.05, 4.69) is 24.5 Å². The van der Waals surface area contributed by atoms with Crippen molar-refractivity contribution in [2.45, 2.75) is 5.03 Å². The number of rotatable bonds is 3. The summed E-state index contributed by atoms with van der Waals surface area (Å²) in [6.07, 6.45) is 1.58. The fourth-order valence-corrected chi connectivity index (χ4v) is 4.36. The Labute approximate surface area is 113 Å². The first-order chi connectivity index (χ1) is 8.58. The summed E-state index contributed by atoms with van der Waals surface area (Å²) in [7, 11) is -3.87. The Morgan fingerprint density at radius 2 is 2.28 bits per heavy atom. The molecule has 0 spiro atoms. The number of imidazole rings is 1. The second-order valence-corrected chi connectivity index (χ2v) is 6.60. The highest BCUT2D eigenvalue weighted by molar-refractivity contribution is 7.93. The first-order valence-electron chi connectivity index (χ1n) is 4.37. The molecule has 0 aromatic carbocycles. The predicted octanol–water partition coefficient (Wildman–Crippen LogP) is 1.10. The molecular formula is C6H3ClN6O2S3. The van der Waals surface area contributed by atoms with Gasteiger partial charge in [-0.05, 0) is 5.21 Å². The van der Waals surface area contributed by atoms with Gasteiger partial charge in [-0.3, -0.25) is 9.12 Å². The molecule has 0 unspecified atom stereocenters. The maximum absolute atomic E-state index is 12.2. The Morgan fingerprint density at radius 1 is 1.44 bits per heavy atom. The summed E-state index contributed by atoms with van der Waals surface area (Å²) >= 11 is 7.95. The minimum Gasteiger partial charge on any atom is -0.278 e. The van der Waals surface area contributed by atoms with Crippen LogP contribution in [0.15, 0.2) is 16.6 Å². The zero-order valence-electron chi connectivity index (χ0n) is 8.31. The summed E-state index contributed by atoms with van der Waals surface area (Å²) in [4.78, 5) is 4.44. The van der Waals surface area contributed by atoms with E-state index in [-0.39, 0.29) is 15.3 Å². The van der Waals surface area contributed by atoms with E-state index < -0.39 is 10.0 Å². The van der Waals surface area contributed by atoms with Gasteiger partial charge in [0, 0.05) is 23.1 Å². The van der Waals surface area contributed by atoms with E-state index in [1.165, 1.54) is 15.7 Å². The van der Waals surface area contributed by atoms with E-state index in [1.54, 1.807) is 11.6 Å². The Kier molecular flexibility index (Phi) is 2.69. The predicted molar refractivity (Wildman–Crippen MR) is 66.6 cm³/mol. The highest BCUT2D eigenvalue weighted by Crippen LogP contribution is 2.26. The molecule has 0 atom stereocenters. The zero-order chi connectivity index (χ0) is 12.8.